The molecule has 0 aliphatic rings. The molecule has 15 heavy (non-hydrogen) atoms. The first kappa shape index (κ1) is 14.6. The van der Waals surface area contributed by atoms with Gasteiger partial charge in [0.25, 0.3) is 0 Å². The van der Waals surface area contributed by atoms with E-state index in [0.717, 1.165) is 18.8 Å². The van der Waals surface area contributed by atoms with Gasteiger partial charge in [0.15, 0.2) is 0 Å². The molecule has 0 aliphatic heterocycles. The van der Waals surface area contributed by atoms with Crippen LogP contribution in [0, 0.1) is 17.8 Å². The van der Waals surface area contributed by atoms with E-state index in [1.807, 2.05) is 0 Å². The van der Waals surface area contributed by atoms with E-state index in [1.54, 1.807) is 0 Å². The van der Waals surface area contributed by atoms with E-state index >= 15 is 0 Å². The van der Waals surface area contributed by atoms with Crippen molar-refractivity contribution >= 4 is 0 Å². The lowest BCUT2D eigenvalue weighted by Crippen LogP contribution is -1.92. The Kier molecular flexibility index (Phi) is 11.3. The lowest BCUT2D eigenvalue weighted by atomic mass is 10.00. The Hall–Kier alpha value is -0.440. The van der Waals surface area contributed by atoms with Crippen LogP contribution in [0.4, 0.5) is 0 Å². The molecule has 0 saturated carbocycles. The average molecular weight is 208 g/mol. The van der Waals surface area contributed by atoms with E-state index in [2.05, 4.69) is 32.6 Å². The summed E-state index contributed by atoms with van der Waals surface area (Å²) in [5, 5.41) is 0. The summed E-state index contributed by atoms with van der Waals surface area (Å²) >= 11 is 0. The van der Waals surface area contributed by atoms with Crippen molar-refractivity contribution in [1.29, 1.82) is 0 Å². The van der Waals surface area contributed by atoms with Crippen molar-refractivity contribution in [3.63, 3.8) is 0 Å². The van der Waals surface area contributed by atoms with E-state index in [0.29, 0.717) is 0 Å². The molecule has 88 valence electrons. The van der Waals surface area contributed by atoms with Gasteiger partial charge in [-0.1, -0.05) is 52.9 Å². The Labute approximate surface area is 96.8 Å². The number of rotatable bonds is 8. The molecule has 0 amide bonds. The van der Waals surface area contributed by atoms with Gasteiger partial charge in [0.2, 0.25) is 0 Å². The van der Waals surface area contributed by atoms with Crippen molar-refractivity contribution in [3.05, 3.63) is 0 Å². The van der Waals surface area contributed by atoms with Gasteiger partial charge in [-0.2, -0.15) is 0 Å². The first-order chi connectivity index (χ1) is 7.31. The SMILES string of the molecule is CCCCC#CCC(C)CCCCCC. The molecule has 0 nitrogen and oxygen atoms in total. The standard InChI is InChI=1S/C15H28/c1-4-6-8-10-12-14-15(3)13-11-9-7-5-2/h15H,4-9,11,13-14H2,1-3H3. The van der Waals surface area contributed by atoms with Gasteiger partial charge in [-0.05, 0) is 18.8 Å². The molecule has 0 heteroatoms. The quantitative estimate of drug-likeness (QED) is 0.381. The van der Waals surface area contributed by atoms with Gasteiger partial charge in [0.05, 0.1) is 0 Å². The van der Waals surface area contributed by atoms with Gasteiger partial charge in [-0.15, -0.1) is 11.8 Å². The fourth-order valence-corrected chi connectivity index (χ4v) is 1.62. The second kappa shape index (κ2) is 11.6. The monoisotopic (exact) mass is 208 g/mol. The summed E-state index contributed by atoms with van der Waals surface area (Å²) in [7, 11) is 0. The van der Waals surface area contributed by atoms with E-state index < -0.39 is 0 Å². The Morgan fingerprint density at radius 2 is 1.60 bits per heavy atom. The zero-order valence-electron chi connectivity index (χ0n) is 10.9. The van der Waals surface area contributed by atoms with E-state index in [1.165, 1.54) is 44.9 Å². The minimum atomic E-state index is 0.802. The van der Waals surface area contributed by atoms with E-state index in [-0.39, 0.29) is 0 Å². The zero-order chi connectivity index (χ0) is 11.4. The average Bonchev–Trinajstić information content (AvgIpc) is 2.24. The topological polar surface area (TPSA) is 0 Å². The number of hydrogen-bond acceptors (Lipinski definition) is 0. The molecule has 0 aromatic heterocycles. The minimum Gasteiger partial charge on any atom is -0.103 e. The summed E-state index contributed by atoms with van der Waals surface area (Å²) in [5.74, 6) is 7.38. The Balaban J connectivity index is 3.30. The Morgan fingerprint density at radius 1 is 0.867 bits per heavy atom. The van der Waals surface area contributed by atoms with Crippen LogP contribution < -0.4 is 0 Å². The summed E-state index contributed by atoms with van der Waals surface area (Å²) in [6, 6.07) is 0. The van der Waals surface area contributed by atoms with Gasteiger partial charge in [0.1, 0.15) is 0 Å². The highest BCUT2D eigenvalue weighted by atomic mass is 14.0. The highest BCUT2D eigenvalue weighted by Gasteiger charge is 1.98. The molecular weight excluding hydrogens is 180 g/mol. The molecule has 0 rings (SSSR count). The molecule has 0 saturated heterocycles. The molecule has 0 radical (unpaired) electrons. The summed E-state index contributed by atoms with van der Waals surface area (Å²) < 4.78 is 0. The van der Waals surface area contributed by atoms with Crippen molar-refractivity contribution in [3.8, 4) is 11.8 Å². The summed E-state index contributed by atoms with van der Waals surface area (Å²) in [6.45, 7) is 6.82. The van der Waals surface area contributed by atoms with Crippen molar-refractivity contribution in [2.45, 2.75) is 78.6 Å². The van der Waals surface area contributed by atoms with Gasteiger partial charge in [-0.25, -0.2) is 0 Å². The van der Waals surface area contributed by atoms with Crippen molar-refractivity contribution in [2.24, 2.45) is 5.92 Å². The van der Waals surface area contributed by atoms with Crippen LogP contribution in [0.5, 0.6) is 0 Å². The fraction of sp³-hybridized carbons (Fsp3) is 0.867. The van der Waals surface area contributed by atoms with Crippen LogP contribution in [0.1, 0.15) is 78.6 Å². The first-order valence-electron chi connectivity index (χ1n) is 6.77. The molecule has 0 aromatic rings. The molecule has 0 bridgehead atoms. The third kappa shape index (κ3) is 11.5. The van der Waals surface area contributed by atoms with Gasteiger partial charge >= 0.3 is 0 Å². The van der Waals surface area contributed by atoms with Gasteiger partial charge in [-0.3, -0.25) is 0 Å². The second-order valence-corrected chi connectivity index (χ2v) is 4.62. The van der Waals surface area contributed by atoms with Gasteiger partial charge in [0, 0.05) is 12.8 Å². The fourth-order valence-electron chi connectivity index (χ4n) is 1.62. The number of hydrogen-bond donors (Lipinski definition) is 0. The van der Waals surface area contributed by atoms with Crippen LogP contribution in [0.25, 0.3) is 0 Å². The highest BCUT2D eigenvalue weighted by molar-refractivity contribution is 4.99. The summed E-state index contributed by atoms with van der Waals surface area (Å²) in [5.41, 5.74) is 0. The van der Waals surface area contributed by atoms with Crippen LogP contribution in [-0.2, 0) is 0 Å². The number of unbranched alkanes of at least 4 members (excludes halogenated alkanes) is 5. The maximum absolute atomic E-state index is 3.31. The van der Waals surface area contributed by atoms with Crippen molar-refractivity contribution in [1.82, 2.24) is 0 Å². The first-order valence-corrected chi connectivity index (χ1v) is 6.77. The maximum Gasteiger partial charge on any atom is 0.0114 e. The van der Waals surface area contributed by atoms with Crippen LogP contribution in [0.15, 0.2) is 0 Å². The second-order valence-electron chi connectivity index (χ2n) is 4.62. The molecule has 0 aliphatic carbocycles. The molecular formula is C15H28. The predicted molar refractivity (Wildman–Crippen MR) is 69.8 cm³/mol. The Morgan fingerprint density at radius 3 is 2.27 bits per heavy atom. The van der Waals surface area contributed by atoms with Crippen LogP contribution in [-0.4, -0.2) is 0 Å². The van der Waals surface area contributed by atoms with Crippen molar-refractivity contribution < 1.29 is 0 Å². The van der Waals surface area contributed by atoms with Crippen LogP contribution in [0.2, 0.25) is 0 Å². The van der Waals surface area contributed by atoms with Crippen LogP contribution in [0.3, 0.4) is 0 Å². The molecule has 0 heterocycles. The third-order valence-corrected chi connectivity index (χ3v) is 2.78. The summed E-state index contributed by atoms with van der Waals surface area (Å²) in [4.78, 5) is 0. The normalized spacial score (nSPS) is 11.9. The maximum atomic E-state index is 3.31. The van der Waals surface area contributed by atoms with Crippen LogP contribution >= 0.6 is 0 Å². The smallest absolute Gasteiger partial charge is 0.0114 e. The molecule has 0 aromatic carbocycles. The minimum absolute atomic E-state index is 0.802. The Bertz CT molecular complexity index is 170. The predicted octanol–water partition coefficient (Wildman–Crippen LogP) is 5.18. The molecule has 0 spiro atoms. The van der Waals surface area contributed by atoms with Gasteiger partial charge < -0.3 is 0 Å². The lowest BCUT2D eigenvalue weighted by molar-refractivity contribution is 0.499. The zero-order valence-corrected chi connectivity index (χ0v) is 10.9. The van der Waals surface area contributed by atoms with E-state index in [4.69, 9.17) is 0 Å². The largest absolute Gasteiger partial charge is 0.103 e. The lowest BCUT2D eigenvalue weighted by Gasteiger charge is -2.06. The van der Waals surface area contributed by atoms with E-state index in [9.17, 15) is 0 Å². The third-order valence-electron chi connectivity index (χ3n) is 2.78. The molecule has 0 N–H and O–H groups in total. The van der Waals surface area contributed by atoms with Crippen molar-refractivity contribution in [2.75, 3.05) is 0 Å². The summed E-state index contributed by atoms with van der Waals surface area (Å²) in [6.07, 6.45) is 11.6. The molecule has 1 atom stereocenters. The molecule has 0 fully saturated rings. The highest BCUT2D eigenvalue weighted by Crippen LogP contribution is 2.12. The molecule has 1 unspecified atom stereocenters.